The third-order valence-corrected chi connectivity index (χ3v) is 6.52. The number of rotatable bonds is 5. The molecule has 24 heavy (non-hydrogen) atoms. The third-order valence-electron chi connectivity index (χ3n) is 6.52. The van der Waals surface area contributed by atoms with E-state index in [0.717, 1.165) is 25.4 Å². The minimum absolute atomic E-state index is 0.134. The summed E-state index contributed by atoms with van der Waals surface area (Å²) in [7, 11) is 0. The molecule has 3 aliphatic rings. The molecule has 1 amide bonds. The van der Waals surface area contributed by atoms with Crippen LogP contribution in [0.4, 0.5) is 0 Å². The van der Waals surface area contributed by atoms with Crippen molar-refractivity contribution in [2.45, 2.75) is 89.8 Å². The minimum Gasteiger partial charge on any atom is -0.353 e. The lowest BCUT2D eigenvalue weighted by molar-refractivity contribution is -0.129. The van der Waals surface area contributed by atoms with Crippen LogP contribution in [-0.2, 0) is 4.79 Å². The molecule has 0 aromatic rings. The van der Waals surface area contributed by atoms with E-state index in [1.807, 2.05) is 0 Å². The van der Waals surface area contributed by atoms with Crippen molar-refractivity contribution < 1.29 is 4.79 Å². The molecule has 0 spiro atoms. The molecule has 0 radical (unpaired) electrons. The largest absolute Gasteiger partial charge is 0.353 e. The topological polar surface area (TPSA) is 35.6 Å². The van der Waals surface area contributed by atoms with Crippen LogP contribution in [0.15, 0.2) is 0 Å². The fourth-order valence-corrected chi connectivity index (χ4v) is 5.03. The van der Waals surface area contributed by atoms with E-state index in [1.54, 1.807) is 0 Å². The van der Waals surface area contributed by atoms with Gasteiger partial charge >= 0.3 is 0 Å². The molecule has 1 N–H and O–H groups in total. The molecule has 1 aliphatic carbocycles. The van der Waals surface area contributed by atoms with Gasteiger partial charge in [-0.15, -0.1) is 0 Å². The Morgan fingerprint density at radius 1 is 1.04 bits per heavy atom. The van der Waals surface area contributed by atoms with Crippen LogP contribution in [0, 0.1) is 5.92 Å². The monoisotopic (exact) mass is 335 g/mol. The first-order chi connectivity index (χ1) is 11.6. The zero-order chi connectivity index (χ0) is 16.9. The summed E-state index contributed by atoms with van der Waals surface area (Å²) < 4.78 is 0. The Balaban J connectivity index is 1.49. The molecular weight excluding hydrogens is 298 g/mol. The number of carbonyl (C=O) groups excluding carboxylic acids is 1. The summed E-state index contributed by atoms with van der Waals surface area (Å²) in [6.07, 6.45) is 11.5. The second kappa shape index (κ2) is 8.66. The summed E-state index contributed by atoms with van der Waals surface area (Å²) in [6, 6.07) is 1.26. The van der Waals surface area contributed by atoms with Crippen molar-refractivity contribution in [1.29, 1.82) is 0 Å². The van der Waals surface area contributed by atoms with E-state index in [2.05, 4.69) is 29.0 Å². The van der Waals surface area contributed by atoms with E-state index in [4.69, 9.17) is 0 Å². The molecule has 138 valence electrons. The fourth-order valence-electron chi connectivity index (χ4n) is 5.03. The van der Waals surface area contributed by atoms with E-state index < -0.39 is 0 Å². The Bertz CT molecular complexity index is 408. The Labute approximate surface area is 148 Å². The van der Waals surface area contributed by atoms with Gasteiger partial charge in [0.05, 0.1) is 6.04 Å². The SMILES string of the molecule is C[C@@H]1CCCN([C@H](C)CNC(=O)[C@@H]2CCCCN2C2CCCC2)C1. The molecule has 2 heterocycles. The van der Waals surface area contributed by atoms with Gasteiger partial charge in [0.25, 0.3) is 0 Å². The smallest absolute Gasteiger partial charge is 0.237 e. The zero-order valence-corrected chi connectivity index (χ0v) is 15.8. The van der Waals surface area contributed by atoms with Gasteiger partial charge in [-0.05, 0) is 64.5 Å². The molecule has 2 aliphatic heterocycles. The van der Waals surface area contributed by atoms with Gasteiger partial charge in [0, 0.05) is 25.2 Å². The number of nitrogens with zero attached hydrogens (tertiary/aromatic N) is 2. The standard InChI is InChI=1S/C20H37N3O/c1-16-8-7-12-22(15-16)17(2)14-21-20(24)19-11-5-6-13-23(19)18-9-3-4-10-18/h16-19H,3-15H2,1-2H3,(H,21,24)/t16-,17-,19+/m1/s1. The summed E-state index contributed by atoms with van der Waals surface area (Å²) >= 11 is 0. The maximum atomic E-state index is 12.8. The third kappa shape index (κ3) is 4.51. The lowest BCUT2D eigenvalue weighted by Crippen LogP contribution is -2.54. The second-order valence-electron chi connectivity index (χ2n) is 8.52. The summed E-state index contributed by atoms with van der Waals surface area (Å²) in [6.45, 7) is 8.93. The average Bonchev–Trinajstić information content (AvgIpc) is 3.14. The molecule has 4 nitrogen and oxygen atoms in total. The van der Waals surface area contributed by atoms with Gasteiger partial charge in [-0.1, -0.05) is 26.2 Å². The molecule has 4 heteroatoms. The summed E-state index contributed by atoms with van der Waals surface area (Å²) in [5, 5.41) is 3.30. The van der Waals surface area contributed by atoms with Crippen molar-refractivity contribution in [3.8, 4) is 0 Å². The molecule has 2 saturated heterocycles. The number of nitrogens with one attached hydrogen (secondary N) is 1. The van der Waals surface area contributed by atoms with Crippen LogP contribution in [-0.4, -0.2) is 60.0 Å². The highest BCUT2D eigenvalue weighted by molar-refractivity contribution is 5.81. The van der Waals surface area contributed by atoms with Crippen LogP contribution in [0.2, 0.25) is 0 Å². The lowest BCUT2D eigenvalue weighted by atomic mass is 9.97. The maximum Gasteiger partial charge on any atom is 0.237 e. The Morgan fingerprint density at radius 3 is 2.54 bits per heavy atom. The Hall–Kier alpha value is -0.610. The maximum absolute atomic E-state index is 12.8. The van der Waals surface area contributed by atoms with E-state index in [1.165, 1.54) is 64.5 Å². The molecule has 3 rings (SSSR count). The Morgan fingerprint density at radius 2 is 1.79 bits per heavy atom. The molecular formula is C20H37N3O. The number of hydrogen-bond acceptors (Lipinski definition) is 3. The summed E-state index contributed by atoms with van der Waals surface area (Å²) in [5.74, 6) is 1.09. The van der Waals surface area contributed by atoms with E-state index in [-0.39, 0.29) is 6.04 Å². The first kappa shape index (κ1) is 18.2. The van der Waals surface area contributed by atoms with Gasteiger partial charge in [-0.2, -0.15) is 0 Å². The number of hydrogen-bond donors (Lipinski definition) is 1. The van der Waals surface area contributed by atoms with Crippen LogP contribution < -0.4 is 5.32 Å². The van der Waals surface area contributed by atoms with Gasteiger partial charge in [-0.25, -0.2) is 0 Å². The molecule has 3 atom stereocenters. The molecule has 0 unspecified atom stereocenters. The highest BCUT2D eigenvalue weighted by atomic mass is 16.2. The van der Waals surface area contributed by atoms with Gasteiger partial charge in [-0.3, -0.25) is 14.6 Å². The minimum atomic E-state index is 0.134. The van der Waals surface area contributed by atoms with Crippen molar-refractivity contribution >= 4 is 5.91 Å². The average molecular weight is 336 g/mol. The van der Waals surface area contributed by atoms with Crippen molar-refractivity contribution in [2.24, 2.45) is 5.92 Å². The first-order valence-electron chi connectivity index (χ1n) is 10.4. The van der Waals surface area contributed by atoms with Crippen molar-refractivity contribution in [1.82, 2.24) is 15.1 Å². The molecule has 1 saturated carbocycles. The first-order valence-corrected chi connectivity index (χ1v) is 10.4. The number of amides is 1. The van der Waals surface area contributed by atoms with Crippen molar-refractivity contribution in [3.63, 3.8) is 0 Å². The van der Waals surface area contributed by atoms with Gasteiger partial charge in [0.15, 0.2) is 0 Å². The zero-order valence-electron chi connectivity index (χ0n) is 15.8. The van der Waals surface area contributed by atoms with E-state index >= 15 is 0 Å². The molecule has 3 fully saturated rings. The predicted octanol–water partition coefficient (Wildman–Crippen LogP) is 3.02. The molecule has 0 aromatic heterocycles. The predicted molar refractivity (Wildman–Crippen MR) is 99.0 cm³/mol. The van der Waals surface area contributed by atoms with Crippen molar-refractivity contribution in [2.75, 3.05) is 26.2 Å². The highest BCUT2D eigenvalue weighted by Gasteiger charge is 2.34. The van der Waals surface area contributed by atoms with Crippen LogP contribution >= 0.6 is 0 Å². The van der Waals surface area contributed by atoms with Crippen LogP contribution in [0.1, 0.15) is 71.6 Å². The van der Waals surface area contributed by atoms with E-state index in [0.29, 0.717) is 18.0 Å². The quantitative estimate of drug-likeness (QED) is 0.839. The van der Waals surface area contributed by atoms with Crippen molar-refractivity contribution in [3.05, 3.63) is 0 Å². The normalized spacial score (nSPS) is 31.9. The highest BCUT2D eigenvalue weighted by Crippen LogP contribution is 2.29. The summed E-state index contributed by atoms with van der Waals surface area (Å²) in [4.78, 5) is 17.9. The van der Waals surface area contributed by atoms with Gasteiger partial charge in [0.1, 0.15) is 0 Å². The molecule has 0 aromatic carbocycles. The second-order valence-corrected chi connectivity index (χ2v) is 8.52. The summed E-state index contributed by atoms with van der Waals surface area (Å²) in [5.41, 5.74) is 0. The fraction of sp³-hybridized carbons (Fsp3) is 0.950. The number of likely N-dealkylation sites (tertiary alicyclic amines) is 2. The number of carbonyl (C=O) groups is 1. The van der Waals surface area contributed by atoms with Crippen LogP contribution in [0.25, 0.3) is 0 Å². The number of piperidine rings is 2. The molecule has 0 bridgehead atoms. The lowest BCUT2D eigenvalue weighted by Gasteiger charge is -2.39. The van der Waals surface area contributed by atoms with Crippen LogP contribution in [0.5, 0.6) is 0 Å². The van der Waals surface area contributed by atoms with Gasteiger partial charge < -0.3 is 5.32 Å². The van der Waals surface area contributed by atoms with E-state index in [9.17, 15) is 4.79 Å². The Kier molecular flexibility index (Phi) is 6.56. The van der Waals surface area contributed by atoms with Crippen LogP contribution in [0.3, 0.4) is 0 Å². The van der Waals surface area contributed by atoms with Gasteiger partial charge in [0.2, 0.25) is 5.91 Å².